The van der Waals surface area contributed by atoms with Crippen molar-refractivity contribution in [3.63, 3.8) is 0 Å². The number of carboxylic acid groups (broad SMARTS) is 1. The molecule has 1 heterocycles. The third kappa shape index (κ3) is 2.98. The fourth-order valence-corrected chi connectivity index (χ4v) is 2.14. The number of nitrogens with zero attached hydrogens (tertiary/aromatic N) is 1. The van der Waals surface area contributed by atoms with E-state index in [2.05, 4.69) is 10.3 Å². The molecule has 4 N–H and O–H groups in total. The van der Waals surface area contributed by atoms with E-state index in [9.17, 15) is 4.79 Å². The summed E-state index contributed by atoms with van der Waals surface area (Å²) in [6.07, 6.45) is 0.809. The molecule has 5 nitrogen and oxygen atoms in total. The quantitative estimate of drug-likeness (QED) is 0.719. The average Bonchev–Trinajstić information content (AvgIpc) is 2.84. The lowest BCUT2D eigenvalue weighted by Crippen LogP contribution is -2.08. The van der Waals surface area contributed by atoms with Gasteiger partial charge in [-0.1, -0.05) is 0 Å². The van der Waals surface area contributed by atoms with E-state index in [4.69, 9.17) is 10.8 Å². The summed E-state index contributed by atoms with van der Waals surface area (Å²) in [5.41, 5.74) is 9.99. The Labute approximate surface area is 108 Å². The highest BCUT2D eigenvalue weighted by Gasteiger charge is 2.05. The normalized spacial score (nSPS) is 10.2. The minimum atomic E-state index is -0.976. The highest BCUT2D eigenvalue weighted by atomic mass is 32.1. The summed E-state index contributed by atoms with van der Waals surface area (Å²) in [6.45, 7) is 0.709. The Balaban J connectivity index is 1.95. The van der Waals surface area contributed by atoms with E-state index in [0.717, 1.165) is 17.8 Å². The summed E-state index contributed by atoms with van der Waals surface area (Å²) in [4.78, 5) is 14.9. The molecule has 2 aromatic rings. The molecule has 0 fully saturated rings. The number of rotatable bonds is 5. The molecule has 0 radical (unpaired) electrons. The highest BCUT2D eigenvalue weighted by Crippen LogP contribution is 2.19. The molecule has 0 unspecified atom stereocenters. The second-order valence-electron chi connectivity index (χ2n) is 3.76. The molecular formula is C12H13N3O2S. The monoisotopic (exact) mass is 263 g/mol. The standard InChI is InChI=1S/C12H13N3O2S/c13-10-5-8(12(16)17)1-2-11(10)14-4-3-9-6-18-7-15-9/h1-2,5-7,14H,3-4,13H2,(H,16,17). The van der Waals surface area contributed by atoms with Crippen molar-refractivity contribution in [1.82, 2.24) is 4.98 Å². The van der Waals surface area contributed by atoms with Gasteiger partial charge in [-0.25, -0.2) is 9.78 Å². The van der Waals surface area contributed by atoms with Crippen molar-refractivity contribution < 1.29 is 9.90 Å². The van der Waals surface area contributed by atoms with Gasteiger partial charge in [-0.2, -0.15) is 0 Å². The average molecular weight is 263 g/mol. The second-order valence-corrected chi connectivity index (χ2v) is 4.48. The van der Waals surface area contributed by atoms with Crippen LogP contribution in [0.15, 0.2) is 29.1 Å². The van der Waals surface area contributed by atoms with Gasteiger partial charge in [0.15, 0.2) is 0 Å². The van der Waals surface area contributed by atoms with Gasteiger partial charge in [0.1, 0.15) is 0 Å². The summed E-state index contributed by atoms with van der Waals surface area (Å²) < 4.78 is 0. The van der Waals surface area contributed by atoms with Gasteiger partial charge in [0, 0.05) is 18.3 Å². The molecule has 0 spiro atoms. The molecule has 0 amide bonds. The highest BCUT2D eigenvalue weighted by molar-refractivity contribution is 7.07. The number of hydrogen-bond donors (Lipinski definition) is 3. The second kappa shape index (κ2) is 5.50. The van der Waals surface area contributed by atoms with Crippen LogP contribution >= 0.6 is 11.3 Å². The first kappa shape index (κ1) is 12.4. The Morgan fingerprint density at radius 2 is 2.33 bits per heavy atom. The number of benzene rings is 1. The number of carbonyl (C=O) groups is 1. The van der Waals surface area contributed by atoms with Gasteiger partial charge in [-0.05, 0) is 18.2 Å². The topological polar surface area (TPSA) is 88.2 Å². The van der Waals surface area contributed by atoms with E-state index in [1.54, 1.807) is 22.9 Å². The van der Waals surface area contributed by atoms with Gasteiger partial charge in [0.05, 0.1) is 28.1 Å². The molecule has 0 aliphatic heterocycles. The predicted octanol–water partition coefficient (Wildman–Crippen LogP) is 2.08. The number of carboxylic acids is 1. The van der Waals surface area contributed by atoms with E-state index < -0.39 is 5.97 Å². The summed E-state index contributed by atoms with van der Waals surface area (Å²) in [6, 6.07) is 4.66. The van der Waals surface area contributed by atoms with Crippen molar-refractivity contribution in [3.8, 4) is 0 Å². The number of nitrogen functional groups attached to an aromatic ring is 1. The smallest absolute Gasteiger partial charge is 0.335 e. The fraction of sp³-hybridized carbons (Fsp3) is 0.167. The Morgan fingerprint density at radius 3 is 2.94 bits per heavy atom. The van der Waals surface area contributed by atoms with Crippen LogP contribution in [0.1, 0.15) is 16.1 Å². The largest absolute Gasteiger partial charge is 0.478 e. The Hall–Kier alpha value is -2.08. The zero-order chi connectivity index (χ0) is 13.0. The number of aromatic carboxylic acids is 1. The van der Waals surface area contributed by atoms with Crippen molar-refractivity contribution in [3.05, 3.63) is 40.3 Å². The van der Waals surface area contributed by atoms with Crippen LogP contribution < -0.4 is 11.1 Å². The van der Waals surface area contributed by atoms with Crippen LogP contribution in [-0.4, -0.2) is 22.6 Å². The van der Waals surface area contributed by atoms with Crippen LogP contribution in [0.25, 0.3) is 0 Å². The Morgan fingerprint density at radius 1 is 1.50 bits per heavy atom. The Bertz CT molecular complexity index is 540. The summed E-state index contributed by atoms with van der Waals surface area (Å²) in [5.74, 6) is -0.976. The lowest BCUT2D eigenvalue weighted by molar-refractivity contribution is 0.0697. The number of thiazole rings is 1. The van der Waals surface area contributed by atoms with Crippen LogP contribution in [0.2, 0.25) is 0 Å². The lowest BCUT2D eigenvalue weighted by Gasteiger charge is -2.09. The van der Waals surface area contributed by atoms with Gasteiger partial charge in [-0.15, -0.1) is 11.3 Å². The van der Waals surface area contributed by atoms with E-state index in [0.29, 0.717) is 12.2 Å². The number of nitrogens with one attached hydrogen (secondary N) is 1. The molecule has 0 aliphatic carbocycles. The van der Waals surface area contributed by atoms with Crippen molar-refractivity contribution in [2.24, 2.45) is 0 Å². The third-order valence-corrected chi connectivity index (χ3v) is 3.11. The maximum Gasteiger partial charge on any atom is 0.335 e. The van der Waals surface area contributed by atoms with Crippen molar-refractivity contribution in [2.75, 3.05) is 17.6 Å². The van der Waals surface area contributed by atoms with Crippen LogP contribution in [-0.2, 0) is 6.42 Å². The maximum atomic E-state index is 10.8. The number of anilines is 2. The minimum absolute atomic E-state index is 0.192. The molecular weight excluding hydrogens is 250 g/mol. The first-order chi connectivity index (χ1) is 8.66. The SMILES string of the molecule is Nc1cc(C(=O)O)ccc1NCCc1cscn1. The Kier molecular flexibility index (Phi) is 3.78. The number of aromatic nitrogens is 1. The van der Waals surface area contributed by atoms with E-state index >= 15 is 0 Å². The molecule has 0 bridgehead atoms. The van der Waals surface area contributed by atoms with Crippen molar-refractivity contribution in [2.45, 2.75) is 6.42 Å². The molecule has 6 heteroatoms. The summed E-state index contributed by atoms with van der Waals surface area (Å²) in [7, 11) is 0. The van der Waals surface area contributed by atoms with Crippen LogP contribution in [0, 0.1) is 0 Å². The molecule has 2 rings (SSSR count). The van der Waals surface area contributed by atoms with Crippen LogP contribution in [0.3, 0.4) is 0 Å². The number of nitrogens with two attached hydrogens (primary N) is 1. The van der Waals surface area contributed by atoms with Gasteiger partial charge >= 0.3 is 5.97 Å². The molecule has 0 atom stereocenters. The molecule has 0 aliphatic rings. The third-order valence-electron chi connectivity index (χ3n) is 2.48. The van der Waals surface area contributed by atoms with Gasteiger partial charge in [0.2, 0.25) is 0 Å². The maximum absolute atomic E-state index is 10.8. The zero-order valence-corrected chi connectivity index (χ0v) is 10.4. The minimum Gasteiger partial charge on any atom is -0.478 e. The van der Waals surface area contributed by atoms with Crippen LogP contribution in [0.4, 0.5) is 11.4 Å². The molecule has 1 aromatic carbocycles. The fourth-order valence-electron chi connectivity index (χ4n) is 1.54. The van der Waals surface area contributed by atoms with E-state index in [-0.39, 0.29) is 5.56 Å². The molecule has 1 aromatic heterocycles. The predicted molar refractivity (Wildman–Crippen MR) is 72.1 cm³/mol. The first-order valence-electron chi connectivity index (χ1n) is 5.40. The first-order valence-corrected chi connectivity index (χ1v) is 6.35. The molecule has 18 heavy (non-hydrogen) atoms. The summed E-state index contributed by atoms with van der Waals surface area (Å²) in [5, 5.41) is 14.0. The molecule has 94 valence electrons. The van der Waals surface area contributed by atoms with Crippen LogP contribution in [0.5, 0.6) is 0 Å². The molecule has 0 saturated heterocycles. The zero-order valence-electron chi connectivity index (χ0n) is 9.59. The molecule has 0 saturated carbocycles. The van der Waals surface area contributed by atoms with E-state index in [1.165, 1.54) is 12.1 Å². The van der Waals surface area contributed by atoms with Crippen molar-refractivity contribution >= 4 is 28.7 Å². The van der Waals surface area contributed by atoms with Crippen molar-refractivity contribution in [1.29, 1.82) is 0 Å². The summed E-state index contributed by atoms with van der Waals surface area (Å²) >= 11 is 1.57. The van der Waals surface area contributed by atoms with Gasteiger partial charge in [0.25, 0.3) is 0 Å². The van der Waals surface area contributed by atoms with Gasteiger partial charge in [-0.3, -0.25) is 0 Å². The van der Waals surface area contributed by atoms with E-state index in [1.807, 2.05) is 5.38 Å². The van der Waals surface area contributed by atoms with Gasteiger partial charge < -0.3 is 16.2 Å². The lowest BCUT2D eigenvalue weighted by atomic mass is 10.1. The number of hydrogen-bond acceptors (Lipinski definition) is 5.